The van der Waals surface area contributed by atoms with Crippen LogP contribution in [0.5, 0.6) is 11.5 Å². The van der Waals surface area contributed by atoms with Crippen LogP contribution in [0.25, 0.3) is 16.9 Å². The Morgan fingerprint density at radius 2 is 1.77 bits per heavy atom. The molecule has 0 saturated heterocycles. The first-order valence-electron chi connectivity index (χ1n) is 9.70. The number of hydrogen-bond acceptors (Lipinski definition) is 5. The summed E-state index contributed by atoms with van der Waals surface area (Å²) in [5, 5.41) is 7.65. The van der Waals surface area contributed by atoms with Crippen LogP contribution in [0.3, 0.4) is 0 Å². The lowest BCUT2D eigenvalue weighted by Gasteiger charge is -2.10. The van der Waals surface area contributed by atoms with E-state index >= 15 is 0 Å². The lowest BCUT2D eigenvalue weighted by atomic mass is 10.1. The molecule has 0 aliphatic carbocycles. The molecule has 0 saturated carbocycles. The topological polar surface area (TPSA) is 78.3 Å². The van der Waals surface area contributed by atoms with Gasteiger partial charge in [0.2, 0.25) is 0 Å². The molecule has 2 heterocycles. The second-order valence-corrected chi connectivity index (χ2v) is 6.89. The van der Waals surface area contributed by atoms with E-state index in [9.17, 15) is 4.79 Å². The van der Waals surface area contributed by atoms with Crippen molar-refractivity contribution >= 4 is 11.6 Å². The summed E-state index contributed by atoms with van der Waals surface area (Å²) in [7, 11) is 3.15. The van der Waals surface area contributed by atoms with Gasteiger partial charge in [-0.25, -0.2) is 4.68 Å². The van der Waals surface area contributed by atoms with Gasteiger partial charge in [0.1, 0.15) is 5.69 Å². The van der Waals surface area contributed by atoms with Gasteiger partial charge in [0, 0.05) is 18.0 Å². The van der Waals surface area contributed by atoms with E-state index in [0.29, 0.717) is 28.4 Å². The van der Waals surface area contributed by atoms with E-state index in [1.54, 1.807) is 43.6 Å². The SMILES string of the molecule is COc1ccc(-c2nn(-c3ccccc3)cc2C(=O)Nc2cnccc2C)cc1OC. The fourth-order valence-electron chi connectivity index (χ4n) is 3.23. The first-order chi connectivity index (χ1) is 15.1. The third-order valence-corrected chi connectivity index (χ3v) is 4.92. The Hall–Kier alpha value is -4.13. The Morgan fingerprint density at radius 3 is 2.48 bits per heavy atom. The van der Waals surface area contributed by atoms with Crippen LogP contribution in [0.15, 0.2) is 73.2 Å². The predicted octanol–water partition coefficient (Wildman–Crippen LogP) is 4.51. The van der Waals surface area contributed by atoms with Gasteiger partial charge in [-0.1, -0.05) is 18.2 Å². The molecular formula is C24H22N4O3. The molecule has 0 aliphatic heterocycles. The molecule has 0 spiro atoms. The molecule has 2 aromatic heterocycles. The number of hydrogen-bond donors (Lipinski definition) is 1. The number of nitrogens with zero attached hydrogens (tertiary/aromatic N) is 3. The normalized spacial score (nSPS) is 10.5. The molecule has 0 atom stereocenters. The third-order valence-electron chi connectivity index (χ3n) is 4.92. The number of nitrogens with one attached hydrogen (secondary N) is 1. The molecule has 0 radical (unpaired) electrons. The summed E-state index contributed by atoms with van der Waals surface area (Å²) in [6.45, 7) is 1.92. The van der Waals surface area contributed by atoms with Crippen LogP contribution in [-0.2, 0) is 0 Å². The van der Waals surface area contributed by atoms with Gasteiger partial charge in [0.05, 0.1) is 37.4 Å². The number of aromatic nitrogens is 3. The maximum Gasteiger partial charge on any atom is 0.259 e. The number of carbonyl (C=O) groups is 1. The number of benzene rings is 2. The second kappa shape index (κ2) is 8.71. The van der Waals surface area contributed by atoms with Crippen LogP contribution in [0.4, 0.5) is 5.69 Å². The first kappa shape index (κ1) is 20.2. The van der Waals surface area contributed by atoms with Crippen molar-refractivity contribution < 1.29 is 14.3 Å². The van der Waals surface area contributed by atoms with Crippen LogP contribution in [0.2, 0.25) is 0 Å². The number of rotatable bonds is 6. The second-order valence-electron chi connectivity index (χ2n) is 6.89. The van der Waals surface area contributed by atoms with E-state index in [1.807, 2.05) is 55.5 Å². The third kappa shape index (κ3) is 4.11. The zero-order valence-corrected chi connectivity index (χ0v) is 17.5. The highest BCUT2D eigenvalue weighted by Crippen LogP contribution is 2.33. The molecule has 4 aromatic rings. The number of pyridine rings is 1. The molecule has 0 aliphatic rings. The molecule has 7 heteroatoms. The van der Waals surface area contributed by atoms with Gasteiger partial charge in [-0.2, -0.15) is 5.10 Å². The zero-order valence-electron chi connectivity index (χ0n) is 17.5. The van der Waals surface area contributed by atoms with Crippen molar-refractivity contribution in [1.29, 1.82) is 0 Å². The Bertz CT molecular complexity index is 1220. The Balaban J connectivity index is 1.81. The number of ether oxygens (including phenoxy) is 2. The molecule has 0 fully saturated rings. The van der Waals surface area contributed by atoms with E-state index in [-0.39, 0.29) is 5.91 Å². The molecule has 0 unspecified atom stereocenters. The van der Waals surface area contributed by atoms with Crippen molar-refractivity contribution in [2.45, 2.75) is 6.92 Å². The molecule has 2 aromatic carbocycles. The highest BCUT2D eigenvalue weighted by molar-refractivity contribution is 6.08. The summed E-state index contributed by atoms with van der Waals surface area (Å²) >= 11 is 0. The van der Waals surface area contributed by atoms with Gasteiger partial charge < -0.3 is 14.8 Å². The first-order valence-corrected chi connectivity index (χ1v) is 9.70. The number of aryl methyl sites for hydroxylation is 1. The van der Waals surface area contributed by atoms with Crippen LogP contribution < -0.4 is 14.8 Å². The average Bonchev–Trinajstić information content (AvgIpc) is 3.26. The van der Waals surface area contributed by atoms with Gasteiger partial charge >= 0.3 is 0 Å². The summed E-state index contributed by atoms with van der Waals surface area (Å²) < 4.78 is 12.5. The summed E-state index contributed by atoms with van der Waals surface area (Å²) in [5.74, 6) is 0.887. The predicted molar refractivity (Wildman–Crippen MR) is 119 cm³/mol. The Labute approximate surface area is 180 Å². The van der Waals surface area contributed by atoms with Crippen molar-refractivity contribution in [3.63, 3.8) is 0 Å². The molecular weight excluding hydrogens is 392 g/mol. The maximum absolute atomic E-state index is 13.2. The summed E-state index contributed by atoms with van der Waals surface area (Å²) in [5.41, 5.74) is 4.12. The number of carbonyl (C=O) groups excluding carboxylic acids is 1. The van der Waals surface area contributed by atoms with Crippen molar-refractivity contribution in [1.82, 2.24) is 14.8 Å². The average molecular weight is 414 g/mol. The minimum absolute atomic E-state index is 0.275. The quantitative estimate of drug-likeness (QED) is 0.502. The minimum Gasteiger partial charge on any atom is -0.493 e. The zero-order chi connectivity index (χ0) is 21.8. The van der Waals surface area contributed by atoms with Crippen molar-refractivity contribution in [3.8, 4) is 28.4 Å². The Morgan fingerprint density at radius 1 is 1.00 bits per heavy atom. The molecule has 1 amide bonds. The standard InChI is InChI=1S/C24H22N4O3/c1-16-11-12-25-14-20(16)26-24(29)19-15-28(18-7-5-4-6-8-18)27-23(19)17-9-10-21(30-2)22(13-17)31-3/h4-15H,1-3H3,(H,26,29). The number of amides is 1. The minimum atomic E-state index is -0.275. The summed E-state index contributed by atoms with van der Waals surface area (Å²) in [6, 6.07) is 16.9. The van der Waals surface area contributed by atoms with E-state index in [0.717, 1.165) is 16.8 Å². The van der Waals surface area contributed by atoms with Gasteiger partial charge in [0.15, 0.2) is 11.5 Å². The maximum atomic E-state index is 13.2. The molecule has 0 bridgehead atoms. The van der Waals surface area contributed by atoms with E-state index in [2.05, 4.69) is 10.3 Å². The summed E-state index contributed by atoms with van der Waals surface area (Å²) in [4.78, 5) is 17.3. The monoisotopic (exact) mass is 414 g/mol. The van der Waals surface area contributed by atoms with Crippen molar-refractivity contribution in [3.05, 3.63) is 84.3 Å². The van der Waals surface area contributed by atoms with E-state index in [4.69, 9.17) is 14.6 Å². The molecule has 31 heavy (non-hydrogen) atoms. The molecule has 1 N–H and O–H groups in total. The smallest absolute Gasteiger partial charge is 0.259 e. The molecule has 156 valence electrons. The fraction of sp³-hybridized carbons (Fsp3) is 0.125. The highest BCUT2D eigenvalue weighted by Gasteiger charge is 2.20. The number of para-hydroxylation sites is 1. The van der Waals surface area contributed by atoms with Crippen molar-refractivity contribution in [2.75, 3.05) is 19.5 Å². The van der Waals surface area contributed by atoms with Gasteiger partial charge in [0.25, 0.3) is 5.91 Å². The van der Waals surface area contributed by atoms with Crippen LogP contribution in [0.1, 0.15) is 15.9 Å². The van der Waals surface area contributed by atoms with Gasteiger partial charge in [-0.15, -0.1) is 0 Å². The summed E-state index contributed by atoms with van der Waals surface area (Å²) in [6.07, 6.45) is 5.04. The Kier molecular flexibility index (Phi) is 5.66. The highest BCUT2D eigenvalue weighted by atomic mass is 16.5. The van der Waals surface area contributed by atoms with Gasteiger partial charge in [-0.3, -0.25) is 9.78 Å². The number of anilines is 1. The lowest BCUT2D eigenvalue weighted by Crippen LogP contribution is -2.13. The van der Waals surface area contributed by atoms with Crippen LogP contribution >= 0.6 is 0 Å². The lowest BCUT2D eigenvalue weighted by molar-refractivity contribution is 0.102. The number of methoxy groups -OCH3 is 2. The van der Waals surface area contributed by atoms with E-state index in [1.165, 1.54) is 0 Å². The van der Waals surface area contributed by atoms with Crippen LogP contribution in [0, 0.1) is 6.92 Å². The molecule has 7 nitrogen and oxygen atoms in total. The van der Waals surface area contributed by atoms with Crippen molar-refractivity contribution in [2.24, 2.45) is 0 Å². The van der Waals surface area contributed by atoms with Crippen LogP contribution in [-0.4, -0.2) is 34.9 Å². The largest absolute Gasteiger partial charge is 0.493 e. The fourth-order valence-corrected chi connectivity index (χ4v) is 3.23. The van der Waals surface area contributed by atoms with E-state index < -0.39 is 0 Å². The molecule has 4 rings (SSSR count). The van der Waals surface area contributed by atoms with Gasteiger partial charge in [-0.05, 0) is 48.9 Å².